The van der Waals surface area contributed by atoms with Gasteiger partial charge >= 0.3 is 13.2 Å². The first-order valence-corrected chi connectivity index (χ1v) is 11.4. The number of carbonyl (C=O) groups is 3. The smallest absolute Gasteiger partial charge is 0.455 e. The summed E-state index contributed by atoms with van der Waals surface area (Å²) in [5.41, 5.74) is 2.73. The topological polar surface area (TPSA) is 134 Å². The second kappa shape index (κ2) is 9.92. The van der Waals surface area contributed by atoms with Crippen LogP contribution in [-0.4, -0.2) is 65.0 Å². The summed E-state index contributed by atoms with van der Waals surface area (Å²) in [7, 11) is -0.0948. The van der Waals surface area contributed by atoms with E-state index in [-0.39, 0.29) is 19.3 Å². The molecule has 0 unspecified atom stereocenters. The molecule has 35 heavy (non-hydrogen) atoms. The number of phenols is 1. The molecule has 9 nitrogen and oxygen atoms in total. The number of aliphatic hydroxyl groups excluding tert-OH is 1. The molecule has 2 saturated heterocycles. The summed E-state index contributed by atoms with van der Waals surface area (Å²) in [5, 5.41) is 29.9. The van der Waals surface area contributed by atoms with Gasteiger partial charge in [-0.15, -0.1) is 0 Å². The highest BCUT2D eigenvalue weighted by Gasteiger charge is 2.59. The van der Waals surface area contributed by atoms with Crippen molar-refractivity contribution in [1.29, 1.82) is 0 Å². The van der Waals surface area contributed by atoms with Crippen LogP contribution >= 0.6 is 0 Å². The highest BCUT2D eigenvalue weighted by atomic mass is 19.1. The van der Waals surface area contributed by atoms with E-state index in [1.807, 2.05) is 6.92 Å². The van der Waals surface area contributed by atoms with E-state index in [2.05, 4.69) is 4.74 Å². The lowest BCUT2D eigenvalue weighted by atomic mass is 9.58. The van der Waals surface area contributed by atoms with Crippen LogP contribution < -0.4 is 0 Å². The number of ether oxygens (including phenoxy) is 1. The fourth-order valence-corrected chi connectivity index (χ4v) is 5.51. The van der Waals surface area contributed by atoms with Crippen molar-refractivity contribution in [2.45, 2.75) is 38.6 Å². The van der Waals surface area contributed by atoms with Crippen molar-refractivity contribution in [2.75, 3.05) is 13.7 Å². The molecule has 0 aromatic heterocycles. The number of carbonyl (C=O) groups excluding carboxylic acids is 3. The third kappa shape index (κ3) is 4.63. The van der Waals surface area contributed by atoms with Crippen LogP contribution in [0.25, 0.3) is 6.08 Å². The largest absolute Gasteiger partial charge is 0.505 e. The highest BCUT2D eigenvalue weighted by Crippen LogP contribution is 2.50. The maximum Gasteiger partial charge on any atom is 0.455 e. The van der Waals surface area contributed by atoms with Crippen LogP contribution in [0.4, 0.5) is 9.18 Å². The summed E-state index contributed by atoms with van der Waals surface area (Å²) < 4.78 is 24.0. The van der Waals surface area contributed by atoms with E-state index in [0.29, 0.717) is 34.5 Å². The van der Waals surface area contributed by atoms with Crippen LogP contribution in [0, 0.1) is 23.6 Å². The molecule has 2 fully saturated rings. The van der Waals surface area contributed by atoms with Gasteiger partial charge in [-0.1, -0.05) is 17.7 Å². The number of aromatic hydroxyl groups is 1. The Morgan fingerprint density at radius 2 is 2.06 bits per heavy atom. The molecule has 186 valence electrons. The number of fused-ring (bicyclic) bond motifs is 3. The Hall–Kier alpha value is -3.02. The lowest BCUT2D eigenvalue weighted by molar-refractivity contribution is -0.137. The Morgan fingerprint density at radius 3 is 2.71 bits per heavy atom. The first-order valence-electron chi connectivity index (χ1n) is 11.4. The minimum absolute atomic E-state index is 0.0616. The molecule has 3 N–H and O–H groups in total. The summed E-state index contributed by atoms with van der Waals surface area (Å²) >= 11 is 0. The van der Waals surface area contributed by atoms with Crippen molar-refractivity contribution in [2.24, 2.45) is 17.8 Å². The Labute approximate surface area is 202 Å². The maximum absolute atomic E-state index is 13.6. The quantitative estimate of drug-likeness (QED) is 0.327. The molecule has 11 heteroatoms. The van der Waals surface area contributed by atoms with Gasteiger partial charge in [-0.3, -0.25) is 9.59 Å². The number of benzene rings is 1. The molecule has 0 radical (unpaired) electrons. The van der Waals surface area contributed by atoms with Crippen molar-refractivity contribution < 1.29 is 43.4 Å². The lowest BCUT2D eigenvalue weighted by Crippen LogP contribution is -2.46. The predicted molar refractivity (Wildman–Crippen MR) is 122 cm³/mol. The number of aliphatic hydroxyl groups is 1. The number of imide groups is 3. The molecule has 4 atom stereocenters. The molecule has 1 aromatic carbocycles. The summed E-state index contributed by atoms with van der Waals surface area (Å²) in [4.78, 5) is 38.5. The summed E-state index contributed by atoms with van der Waals surface area (Å²) in [5.74, 6) is -4.69. The molecule has 2 heterocycles. The van der Waals surface area contributed by atoms with Crippen LogP contribution in [-0.2, 0) is 19.0 Å². The number of halogens is 1. The first kappa shape index (κ1) is 25.1. The molecule has 3 aliphatic rings. The van der Waals surface area contributed by atoms with Gasteiger partial charge in [-0.25, -0.2) is 9.18 Å². The van der Waals surface area contributed by atoms with Gasteiger partial charge in [0.2, 0.25) is 11.8 Å². The monoisotopic (exact) mass is 487 g/mol. The average molecular weight is 487 g/mol. The second-order valence-electron chi connectivity index (χ2n) is 9.20. The number of methoxy groups -OCH3 is 1. The van der Waals surface area contributed by atoms with E-state index < -0.39 is 60.5 Å². The van der Waals surface area contributed by atoms with Gasteiger partial charge in [0.1, 0.15) is 0 Å². The third-order valence-corrected chi connectivity index (χ3v) is 7.04. The number of hydrogen-bond donors (Lipinski definition) is 3. The van der Waals surface area contributed by atoms with Crippen LogP contribution in [0.3, 0.4) is 0 Å². The van der Waals surface area contributed by atoms with E-state index in [1.54, 1.807) is 12.1 Å². The summed E-state index contributed by atoms with van der Waals surface area (Å²) in [6, 6.07) is 4.08. The Bertz CT molecular complexity index is 1120. The van der Waals surface area contributed by atoms with Crippen molar-refractivity contribution in [3.05, 3.63) is 46.3 Å². The van der Waals surface area contributed by atoms with Crippen molar-refractivity contribution in [3.63, 3.8) is 0 Å². The van der Waals surface area contributed by atoms with E-state index >= 15 is 0 Å². The zero-order chi connectivity index (χ0) is 25.4. The van der Waals surface area contributed by atoms with Gasteiger partial charge in [0, 0.05) is 0 Å². The number of likely N-dealkylation sites (tertiary alicyclic amines) is 1. The van der Waals surface area contributed by atoms with Gasteiger partial charge in [0.25, 0.3) is 0 Å². The number of allylic oxidation sites excluding steroid dienone is 1. The standard InChI is InChI=1S/C24H27BFNO8/c1-12(7-13-4-5-18(29)17(26)8-13)3-6-19-20-14(11-28)9-15-21(16(20)10-25(33)35-19)23(31)27(22(15)30)24(32)34-2/h4-5,7-8,15-16,19,21,28-29,33H,3,6,9-11H2,1-2H3/b12-7+/t15-,16+,19-,21-/m1/s1. The first-order chi connectivity index (χ1) is 16.7. The summed E-state index contributed by atoms with van der Waals surface area (Å²) in [6.07, 6.45) is 1.21. The average Bonchev–Trinajstić information content (AvgIpc) is 3.08. The zero-order valence-corrected chi connectivity index (χ0v) is 19.4. The molecule has 1 aromatic rings. The van der Waals surface area contributed by atoms with E-state index in [0.717, 1.165) is 12.7 Å². The minimum atomic E-state index is -1.18. The summed E-state index contributed by atoms with van der Waals surface area (Å²) in [6.45, 7) is 1.51. The molecule has 3 amide bonds. The minimum Gasteiger partial charge on any atom is -0.505 e. The van der Waals surface area contributed by atoms with Gasteiger partial charge < -0.3 is 24.6 Å². The third-order valence-electron chi connectivity index (χ3n) is 7.04. The lowest BCUT2D eigenvalue weighted by Gasteiger charge is -2.42. The maximum atomic E-state index is 13.6. The SMILES string of the molecule is COC(=O)N1C(=O)[C@@H]2[C@@H](CC(CO)=C3[C@@H](CC/C(C)=C/c4ccc(O)c(F)c4)OB(O)C[C@@H]32)C1=O. The molecule has 0 saturated carbocycles. The molecule has 0 spiro atoms. The Balaban J connectivity index is 1.58. The van der Waals surface area contributed by atoms with E-state index in [4.69, 9.17) is 4.65 Å². The van der Waals surface area contributed by atoms with E-state index in [1.165, 1.54) is 12.1 Å². The Morgan fingerprint density at radius 1 is 1.31 bits per heavy atom. The van der Waals surface area contributed by atoms with Gasteiger partial charge in [0.15, 0.2) is 11.6 Å². The van der Waals surface area contributed by atoms with Crippen molar-refractivity contribution >= 4 is 31.1 Å². The number of nitrogens with zero attached hydrogens (tertiary/aromatic N) is 1. The number of rotatable bonds is 5. The van der Waals surface area contributed by atoms with Crippen LogP contribution in [0.1, 0.15) is 31.7 Å². The molecule has 1 aliphatic carbocycles. The fraction of sp³-hybridized carbons (Fsp3) is 0.458. The molecular weight excluding hydrogens is 460 g/mol. The second-order valence-corrected chi connectivity index (χ2v) is 9.20. The predicted octanol–water partition coefficient (Wildman–Crippen LogP) is 2.27. The van der Waals surface area contributed by atoms with Crippen LogP contribution in [0.15, 0.2) is 34.9 Å². The van der Waals surface area contributed by atoms with Crippen molar-refractivity contribution in [3.8, 4) is 5.75 Å². The fourth-order valence-electron chi connectivity index (χ4n) is 5.51. The number of amides is 3. The number of phenolic OH excluding ortho intramolecular Hbond substituents is 1. The van der Waals surface area contributed by atoms with E-state index in [9.17, 15) is 34.0 Å². The van der Waals surface area contributed by atoms with Gasteiger partial charge in [-0.2, -0.15) is 4.90 Å². The number of hydrogen-bond acceptors (Lipinski definition) is 8. The van der Waals surface area contributed by atoms with Gasteiger partial charge in [0.05, 0.1) is 31.7 Å². The zero-order valence-electron chi connectivity index (χ0n) is 19.4. The molecule has 0 bridgehead atoms. The normalized spacial score (nSPS) is 26.7. The van der Waals surface area contributed by atoms with Crippen LogP contribution in [0.5, 0.6) is 5.75 Å². The van der Waals surface area contributed by atoms with Crippen LogP contribution in [0.2, 0.25) is 6.32 Å². The highest BCUT2D eigenvalue weighted by molar-refractivity contribution is 6.43. The van der Waals surface area contributed by atoms with Crippen molar-refractivity contribution in [1.82, 2.24) is 4.90 Å². The molecule has 4 rings (SSSR count). The molecule has 2 aliphatic heterocycles. The van der Waals surface area contributed by atoms with Gasteiger partial charge in [-0.05, 0) is 67.3 Å². The Kier molecular flexibility index (Phi) is 7.11. The molecular formula is C24H27BFNO8.